The molecule has 0 fully saturated rings. The second-order valence-corrected chi connectivity index (χ2v) is 11.3. The first kappa shape index (κ1) is 24.4. The molecular weight excluding hydrogens is 536 g/mol. The van der Waals surface area contributed by atoms with Gasteiger partial charge in [-0.25, -0.2) is 23.1 Å². The quantitative estimate of drug-likeness (QED) is 0.258. The SMILES string of the molecule is CC(C)NS(=O)(=O)c1cn(C(c2ccccc2)(c2ccccc2)c2ccccc2)c2ncc(Br)nc12. The van der Waals surface area contributed by atoms with Crippen LogP contribution in [-0.4, -0.2) is 29.0 Å². The maximum Gasteiger partial charge on any atom is 0.244 e. The minimum absolute atomic E-state index is 0.0761. The molecule has 0 atom stereocenters. The van der Waals surface area contributed by atoms with Crippen molar-refractivity contribution in [2.24, 2.45) is 0 Å². The highest BCUT2D eigenvalue weighted by molar-refractivity contribution is 9.10. The first-order valence-corrected chi connectivity index (χ1v) is 13.8. The van der Waals surface area contributed by atoms with E-state index in [-0.39, 0.29) is 10.9 Å². The van der Waals surface area contributed by atoms with Gasteiger partial charge in [0.05, 0.1) is 6.20 Å². The zero-order chi connectivity index (χ0) is 25.3. The van der Waals surface area contributed by atoms with Gasteiger partial charge in [-0.05, 0) is 46.5 Å². The lowest BCUT2D eigenvalue weighted by molar-refractivity contribution is 0.525. The first-order chi connectivity index (χ1) is 17.3. The Morgan fingerprint density at radius 1 is 0.833 bits per heavy atom. The minimum Gasteiger partial charge on any atom is -0.311 e. The molecule has 0 bridgehead atoms. The number of sulfonamides is 1. The van der Waals surface area contributed by atoms with E-state index < -0.39 is 15.6 Å². The van der Waals surface area contributed by atoms with Gasteiger partial charge in [-0.1, -0.05) is 91.0 Å². The molecule has 2 heterocycles. The molecule has 0 amide bonds. The lowest BCUT2D eigenvalue weighted by Crippen LogP contribution is -2.37. The number of benzene rings is 3. The van der Waals surface area contributed by atoms with E-state index >= 15 is 0 Å². The van der Waals surface area contributed by atoms with Crippen molar-refractivity contribution in [3.05, 3.63) is 125 Å². The van der Waals surface area contributed by atoms with E-state index in [0.29, 0.717) is 15.8 Å². The highest BCUT2D eigenvalue weighted by Gasteiger charge is 2.41. The topological polar surface area (TPSA) is 76.9 Å². The van der Waals surface area contributed by atoms with Crippen LogP contribution in [0.15, 0.2) is 113 Å². The average molecular weight is 562 g/mol. The largest absolute Gasteiger partial charge is 0.311 e. The van der Waals surface area contributed by atoms with Gasteiger partial charge in [-0.2, -0.15) is 0 Å². The molecule has 0 unspecified atom stereocenters. The summed E-state index contributed by atoms with van der Waals surface area (Å²) >= 11 is 3.38. The minimum atomic E-state index is -3.88. The Balaban J connectivity index is 1.98. The summed E-state index contributed by atoms with van der Waals surface area (Å²) in [6.45, 7) is 3.58. The standard InChI is InChI=1S/C28H25BrN4O2S/c1-20(2)32-36(34,35)24-19-33(27-26(24)31-25(29)18-30-27)28(21-12-6-3-7-13-21,22-14-8-4-9-15-22)23-16-10-5-11-17-23/h3-20,32H,1-2H3. The van der Waals surface area contributed by atoms with Crippen LogP contribution in [0.25, 0.3) is 11.2 Å². The molecule has 0 aliphatic heterocycles. The van der Waals surface area contributed by atoms with Crippen LogP contribution >= 0.6 is 15.9 Å². The number of nitrogens with zero attached hydrogens (tertiary/aromatic N) is 3. The fourth-order valence-corrected chi connectivity index (χ4v) is 6.39. The summed E-state index contributed by atoms with van der Waals surface area (Å²) in [5.41, 5.74) is 2.72. The summed E-state index contributed by atoms with van der Waals surface area (Å²) in [5.74, 6) is 0. The molecular formula is C28H25BrN4O2S. The first-order valence-electron chi connectivity index (χ1n) is 11.6. The van der Waals surface area contributed by atoms with Crippen molar-refractivity contribution < 1.29 is 8.42 Å². The molecule has 8 heteroatoms. The van der Waals surface area contributed by atoms with Gasteiger partial charge in [-0.3, -0.25) is 0 Å². The third kappa shape index (κ3) is 4.15. The van der Waals surface area contributed by atoms with Gasteiger partial charge >= 0.3 is 0 Å². The van der Waals surface area contributed by atoms with Crippen LogP contribution in [0, 0.1) is 0 Å². The van der Waals surface area contributed by atoms with E-state index in [2.05, 4.69) is 62.0 Å². The second-order valence-electron chi connectivity index (χ2n) is 8.81. The number of halogens is 1. The van der Waals surface area contributed by atoms with E-state index in [9.17, 15) is 8.42 Å². The fraction of sp³-hybridized carbons (Fsp3) is 0.143. The van der Waals surface area contributed by atoms with Crippen molar-refractivity contribution in [1.82, 2.24) is 19.3 Å². The Bertz CT molecular complexity index is 1510. The molecule has 3 aromatic carbocycles. The van der Waals surface area contributed by atoms with Gasteiger partial charge in [-0.15, -0.1) is 0 Å². The van der Waals surface area contributed by atoms with E-state index in [4.69, 9.17) is 4.98 Å². The van der Waals surface area contributed by atoms with Crippen molar-refractivity contribution in [2.45, 2.75) is 30.3 Å². The van der Waals surface area contributed by atoms with Gasteiger partial charge in [0, 0.05) is 12.2 Å². The third-order valence-corrected chi connectivity index (χ3v) is 8.09. The Morgan fingerprint density at radius 2 is 1.31 bits per heavy atom. The van der Waals surface area contributed by atoms with Gasteiger partial charge in [0.2, 0.25) is 10.0 Å². The van der Waals surface area contributed by atoms with E-state index in [1.807, 2.05) is 59.2 Å². The normalized spacial score (nSPS) is 12.3. The zero-order valence-electron chi connectivity index (χ0n) is 19.8. The Kier molecular flexibility index (Phi) is 6.51. The molecule has 0 aliphatic carbocycles. The molecule has 0 aliphatic rings. The Labute approximate surface area is 219 Å². The number of rotatable bonds is 7. The maximum absolute atomic E-state index is 13.5. The fourth-order valence-electron chi connectivity index (χ4n) is 4.72. The third-order valence-electron chi connectivity index (χ3n) is 6.05. The van der Waals surface area contributed by atoms with Crippen LogP contribution in [0.1, 0.15) is 30.5 Å². The molecule has 0 radical (unpaired) electrons. The zero-order valence-corrected chi connectivity index (χ0v) is 22.2. The number of nitrogens with one attached hydrogen (secondary N) is 1. The summed E-state index contributed by atoms with van der Waals surface area (Å²) < 4.78 is 32.1. The number of hydrogen-bond donors (Lipinski definition) is 1. The Morgan fingerprint density at radius 3 is 1.75 bits per heavy atom. The van der Waals surface area contributed by atoms with Crippen LogP contribution in [0.5, 0.6) is 0 Å². The number of fused-ring (bicyclic) bond motifs is 1. The summed E-state index contributed by atoms with van der Waals surface area (Å²) in [7, 11) is -3.88. The molecule has 2 aromatic heterocycles. The predicted molar refractivity (Wildman–Crippen MR) is 145 cm³/mol. The Hall–Kier alpha value is -3.33. The van der Waals surface area contributed by atoms with Crippen molar-refractivity contribution in [1.29, 1.82) is 0 Å². The van der Waals surface area contributed by atoms with Crippen LogP contribution in [0.2, 0.25) is 0 Å². The summed E-state index contributed by atoms with van der Waals surface area (Å²) in [6.07, 6.45) is 3.26. The summed E-state index contributed by atoms with van der Waals surface area (Å²) in [5, 5.41) is 0. The van der Waals surface area contributed by atoms with Crippen LogP contribution in [-0.2, 0) is 15.6 Å². The second kappa shape index (κ2) is 9.61. The van der Waals surface area contributed by atoms with E-state index in [1.165, 1.54) is 0 Å². The van der Waals surface area contributed by atoms with Gasteiger partial charge in [0.1, 0.15) is 20.6 Å². The van der Waals surface area contributed by atoms with Crippen molar-refractivity contribution in [2.75, 3.05) is 0 Å². The average Bonchev–Trinajstić information content (AvgIpc) is 3.26. The lowest BCUT2D eigenvalue weighted by atomic mass is 9.76. The molecule has 0 saturated heterocycles. The van der Waals surface area contributed by atoms with E-state index in [1.54, 1.807) is 26.2 Å². The highest BCUT2D eigenvalue weighted by Crippen LogP contribution is 2.43. The molecule has 5 aromatic rings. The van der Waals surface area contributed by atoms with Gasteiger partial charge < -0.3 is 4.57 Å². The van der Waals surface area contributed by atoms with Gasteiger partial charge in [0.25, 0.3) is 0 Å². The van der Waals surface area contributed by atoms with Crippen LogP contribution in [0.3, 0.4) is 0 Å². The molecule has 0 saturated carbocycles. The summed E-state index contributed by atoms with van der Waals surface area (Å²) in [6, 6.07) is 29.9. The van der Waals surface area contributed by atoms with Crippen LogP contribution in [0.4, 0.5) is 0 Å². The molecule has 36 heavy (non-hydrogen) atoms. The molecule has 6 nitrogen and oxygen atoms in total. The van der Waals surface area contributed by atoms with Crippen LogP contribution < -0.4 is 4.72 Å². The molecule has 182 valence electrons. The monoisotopic (exact) mass is 560 g/mol. The van der Waals surface area contributed by atoms with Crippen molar-refractivity contribution in [3.8, 4) is 0 Å². The molecule has 0 spiro atoms. The smallest absolute Gasteiger partial charge is 0.244 e. The lowest BCUT2D eigenvalue weighted by Gasteiger charge is -2.38. The summed E-state index contributed by atoms with van der Waals surface area (Å²) in [4.78, 5) is 9.35. The highest BCUT2D eigenvalue weighted by atomic mass is 79.9. The maximum atomic E-state index is 13.5. The predicted octanol–water partition coefficient (Wildman–Crippen LogP) is 5.72. The van der Waals surface area contributed by atoms with Gasteiger partial charge in [0.15, 0.2) is 5.65 Å². The van der Waals surface area contributed by atoms with Crippen molar-refractivity contribution >= 4 is 37.1 Å². The van der Waals surface area contributed by atoms with Crippen molar-refractivity contribution in [3.63, 3.8) is 0 Å². The molecule has 1 N–H and O–H groups in total. The molecule has 5 rings (SSSR count). The van der Waals surface area contributed by atoms with E-state index in [0.717, 1.165) is 16.7 Å². The number of hydrogen-bond acceptors (Lipinski definition) is 4. The number of aromatic nitrogens is 3.